The van der Waals surface area contributed by atoms with E-state index in [4.69, 9.17) is 0 Å². The summed E-state index contributed by atoms with van der Waals surface area (Å²) in [6.07, 6.45) is 3.66. The molecule has 4 rings (SSSR count). The topological polar surface area (TPSA) is 110 Å². The molecule has 0 radical (unpaired) electrons. The number of fused-ring (bicyclic) bond motifs is 1. The number of aryl methyl sites for hydroxylation is 1. The molecule has 1 fully saturated rings. The maximum absolute atomic E-state index is 12.7. The Bertz CT molecular complexity index is 1220. The van der Waals surface area contributed by atoms with E-state index in [-0.39, 0.29) is 29.7 Å². The van der Waals surface area contributed by atoms with Crippen molar-refractivity contribution in [2.75, 3.05) is 13.1 Å². The monoisotopic (exact) mass is 389 g/mol. The van der Waals surface area contributed by atoms with E-state index >= 15 is 0 Å². The molecule has 1 aliphatic rings. The van der Waals surface area contributed by atoms with Crippen LogP contribution in [0.3, 0.4) is 0 Å². The van der Waals surface area contributed by atoms with E-state index in [0.717, 1.165) is 0 Å². The van der Waals surface area contributed by atoms with Gasteiger partial charge < -0.3 is 9.55 Å². The van der Waals surface area contributed by atoms with Crippen LogP contribution in [0.2, 0.25) is 0 Å². The Kier molecular flexibility index (Phi) is 4.23. The molecule has 0 bridgehead atoms. The second kappa shape index (κ2) is 6.46. The lowest BCUT2D eigenvalue weighted by molar-refractivity contribution is 0.265. The number of benzene rings is 1. The van der Waals surface area contributed by atoms with Gasteiger partial charge in [-0.15, -0.1) is 0 Å². The highest BCUT2D eigenvalue weighted by Gasteiger charge is 2.32. The van der Waals surface area contributed by atoms with Gasteiger partial charge >= 0.3 is 5.69 Å². The minimum Gasteiger partial charge on any atom is -0.339 e. The highest BCUT2D eigenvalue weighted by Crippen LogP contribution is 2.25. The Morgan fingerprint density at radius 3 is 2.52 bits per heavy atom. The Morgan fingerprint density at radius 2 is 1.85 bits per heavy atom. The van der Waals surface area contributed by atoms with E-state index in [1.807, 2.05) is 0 Å². The molecule has 1 saturated heterocycles. The molecule has 0 amide bonds. The Morgan fingerprint density at radius 1 is 1.15 bits per heavy atom. The Hall–Kier alpha value is -2.72. The number of rotatable bonds is 3. The number of hydrogen-bond acceptors (Lipinski definition) is 5. The summed E-state index contributed by atoms with van der Waals surface area (Å²) in [6, 6.07) is 6.51. The minimum atomic E-state index is -3.67. The SMILES string of the molecule is Cn1cnc(S(=O)(=O)N2CCC(n3c(=O)[nH]c4ccccc4c3=O)CC2)c1. The lowest BCUT2D eigenvalue weighted by Gasteiger charge is -2.31. The molecule has 0 atom stereocenters. The molecule has 0 spiro atoms. The van der Waals surface area contributed by atoms with Crippen LogP contribution in [0.15, 0.2) is 51.4 Å². The van der Waals surface area contributed by atoms with E-state index in [1.165, 1.54) is 21.4 Å². The van der Waals surface area contributed by atoms with Gasteiger partial charge in [0.1, 0.15) is 0 Å². The van der Waals surface area contributed by atoms with Gasteiger partial charge in [-0.2, -0.15) is 4.31 Å². The predicted octanol–water partition coefficient (Wildman–Crippen LogP) is 0.449. The number of aromatic nitrogens is 4. The molecule has 3 aromatic rings. The Labute approximate surface area is 154 Å². The highest BCUT2D eigenvalue weighted by molar-refractivity contribution is 7.89. The van der Waals surface area contributed by atoms with Crippen molar-refractivity contribution in [2.45, 2.75) is 23.9 Å². The molecular weight excluding hydrogens is 370 g/mol. The van der Waals surface area contributed by atoms with Crippen LogP contribution < -0.4 is 11.2 Å². The lowest BCUT2D eigenvalue weighted by atomic mass is 10.1. The van der Waals surface area contributed by atoms with Crippen LogP contribution >= 0.6 is 0 Å². The fourth-order valence-corrected chi connectivity index (χ4v) is 4.94. The summed E-state index contributed by atoms with van der Waals surface area (Å²) in [6.45, 7) is 0.449. The summed E-state index contributed by atoms with van der Waals surface area (Å²) >= 11 is 0. The lowest BCUT2D eigenvalue weighted by Crippen LogP contribution is -2.45. The summed E-state index contributed by atoms with van der Waals surface area (Å²) in [4.78, 5) is 31.8. The van der Waals surface area contributed by atoms with Crippen molar-refractivity contribution in [3.05, 3.63) is 57.6 Å². The standard InChI is InChI=1S/C17H19N5O4S/c1-20-10-15(18-11-20)27(25,26)21-8-6-12(7-9-21)22-16(23)13-4-2-3-5-14(13)19-17(22)24/h2-5,10-12H,6-9H2,1H3,(H,19,24). The molecule has 0 aliphatic carbocycles. The van der Waals surface area contributed by atoms with E-state index in [9.17, 15) is 18.0 Å². The molecule has 1 N–H and O–H groups in total. The van der Waals surface area contributed by atoms with Gasteiger partial charge in [0.25, 0.3) is 15.6 Å². The largest absolute Gasteiger partial charge is 0.339 e. The zero-order valence-corrected chi connectivity index (χ0v) is 15.5. The number of hydrogen-bond donors (Lipinski definition) is 1. The number of nitrogens with one attached hydrogen (secondary N) is 1. The molecule has 9 nitrogen and oxygen atoms in total. The first kappa shape index (κ1) is 17.7. The molecule has 0 unspecified atom stereocenters. The normalized spacial score (nSPS) is 16.8. The fourth-order valence-electron chi connectivity index (χ4n) is 3.50. The molecular formula is C17H19N5O4S. The van der Waals surface area contributed by atoms with Gasteiger partial charge in [-0.1, -0.05) is 12.1 Å². The van der Waals surface area contributed by atoms with Gasteiger partial charge in [0.05, 0.1) is 17.2 Å². The van der Waals surface area contributed by atoms with E-state index in [1.54, 1.807) is 35.9 Å². The molecule has 0 saturated carbocycles. The van der Waals surface area contributed by atoms with Crippen LogP contribution in [-0.4, -0.2) is 44.9 Å². The van der Waals surface area contributed by atoms with Crippen LogP contribution in [0.4, 0.5) is 0 Å². The van der Waals surface area contributed by atoms with Gasteiger partial charge in [-0.25, -0.2) is 18.2 Å². The minimum absolute atomic E-state index is 0.00386. The first-order valence-electron chi connectivity index (χ1n) is 8.59. The molecule has 142 valence electrons. The van der Waals surface area contributed by atoms with E-state index < -0.39 is 15.7 Å². The quantitative estimate of drug-likeness (QED) is 0.699. The van der Waals surface area contributed by atoms with Crippen molar-refractivity contribution in [1.82, 2.24) is 23.4 Å². The maximum atomic E-state index is 12.7. The number of nitrogens with zero attached hydrogens (tertiary/aromatic N) is 4. The summed E-state index contributed by atoms with van der Waals surface area (Å²) < 4.78 is 29.5. The van der Waals surface area contributed by atoms with Gasteiger partial charge in [-0.05, 0) is 25.0 Å². The number of aromatic amines is 1. The van der Waals surface area contributed by atoms with Crippen molar-refractivity contribution in [3.8, 4) is 0 Å². The first-order valence-corrected chi connectivity index (χ1v) is 10.0. The average molecular weight is 389 g/mol. The van der Waals surface area contributed by atoms with Gasteiger partial charge in [0, 0.05) is 32.4 Å². The molecule has 2 aromatic heterocycles. The number of imidazole rings is 1. The summed E-state index contributed by atoms with van der Waals surface area (Å²) in [5.41, 5.74) is -0.316. The second-order valence-electron chi connectivity index (χ2n) is 6.66. The molecule has 27 heavy (non-hydrogen) atoms. The molecule has 1 aromatic carbocycles. The Balaban J connectivity index is 1.61. The summed E-state index contributed by atoms with van der Waals surface area (Å²) in [5.74, 6) is 0. The maximum Gasteiger partial charge on any atom is 0.329 e. The van der Waals surface area contributed by atoms with Crippen molar-refractivity contribution < 1.29 is 8.42 Å². The third kappa shape index (κ3) is 3.00. The number of piperidine rings is 1. The fraction of sp³-hybridized carbons (Fsp3) is 0.353. The van der Waals surface area contributed by atoms with Crippen LogP contribution in [0, 0.1) is 0 Å². The van der Waals surface area contributed by atoms with Crippen molar-refractivity contribution in [1.29, 1.82) is 0 Å². The van der Waals surface area contributed by atoms with E-state index in [2.05, 4.69) is 9.97 Å². The third-order valence-electron chi connectivity index (χ3n) is 4.91. The van der Waals surface area contributed by atoms with Crippen molar-refractivity contribution in [3.63, 3.8) is 0 Å². The van der Waals surface area contributed by atoms with Crippen molar-refractivity contribution >= 4 is 20.9 Å². The van der Waals surface area contributed by atoms with Crippen LogP contribution in [0.1, 0.15) is 18.9 Å². The second-order valence-corrected chi connectivity index (χ2v) is 8.55. The number of H-pyrrole nitrogens is 1. The summed E-state index contributed by atoms with van der Waals surface area (Å²) in [7, 11) is -1.97. The number of para-hydroxylation sites is 1. The highest BCUT2D eigenvalue weighted by atomic mass is 32.2. The van der Waals surface area contributed by atoms with Gasteiger partial charge in [0.2, 0.25) is 0 Å². The predicted molar refractivity (Wildman–Crippen MR) is 99.1 cm³/mol. The van der Waals surface area contributed by atoms with Crippen LogP contribution in [0.25, 0.3) is 10.9 Å². The smallest absolute Gasteiger partial charge is 0.329 e. The molecule has 10 heteroatoms. The first-order chi connectivity index (χ1) is 12.9. The number of sulfonamides is 1. The van der Waals surface area contributed by atoms with E-state index in [0.29, 0.717) is 23.7 Å². The average Bonchev–Trinajstić information content (AvgIpc) is 3.09. The zero-order valence-electron chi connectivity index (χ0n) is 14.7. The van der Waals surface area contributed by atoms with Gasteiger partial charge in [0.15, 0.2) is 5.03 Å². The van der Waals surface area contributed by atoms with Gasteiger partial charge in [-0.3, -0.25) is 9.36 Å². The molecule has 3 heterocycles. The molecule has 1 aliphatic heterocycles. The van der Waals surface area contributed by atoms with Crippen LogP contribution in [-0.2, 0) is 17.1 Å². The zero-order chi connectivity index (χ0) is 19.2. The summed E-state index contributed by atoms with van der Waals surface area (Å²) in [5, 5.41) is 0.449. The third-order valence-corrected chi connectivity index (χ3v) is 6.70. The van der Waals surface area contributed by atoms with Crippen LogP contribution in [0.5, 0.6) is 0 Å². The van der Waals surface area contributed by atoms with Crippen molar-refractivity contribution in [2.24, 2.45) is 7.05 Å².